The highest BCUT2D eigenvalue weighted by molar-refractivity contribution is 5.90. The van der Waals surface area contributed by atoms with Crippen LogP contribution in [0.2, 0.25) is 0 Å². The Hall–Kier alpha value is -10.1. The quantitative estimate of drug-likeness (QED) is 0.159. The summed E-state index contributed by atoms with van der Waals surface area (Å²) in [4.78, 5) is 8.60. The molecule has 0 radical (unpaired) electrons. The third kappa shape index (κ3) is 6.13. The Bertz CT molecular complexity index is 3820. The zero-order valence-corrected chi connectivity index (χ0v) is 35.8. The van der Waals surface area contributed by atoms with E-state index in [9.17, 15) is 5.26 Å². The second kappa shape index (κ2) is 15.6. The third-order valence-corrected chi connectivity index (χ3v) is 12.0. The first-order valence-electron chi connectivity index (χ1n) is 21.7. The van der Waals surface area contributed by atoms with Crippen molar-refractivity contribution in [3.8, 4) is 73.4 Å². The minimum absolute atomic E-state index is 0.586. The molecule has 0 N–H and O–H groups in total. The summed E-state index contributed by atoms with van der Waals surface area (Å²) in [5, 5.41) is 38.8. The van der Waals surface area contributed by atoms with Gasteiger partial charge in [-0.15, -0.1) is 0 Å². The highest BCUT2D eigenvalue weighted by atomic mass is 15.5. The van der Waals surface area contributed by atoms with E-state index in [1.807, 2.05) is 161 Å². The highest BCUT2D eigenvalue weighted by Crippen LogP contribution is 2.35. The van der Waals surface area contributed by atoms with Gasteiger partial charge in [0.05, 0.1) is 47.3 Å². The van der Waals surface area contributed by atoms with Gasteiger partial charge in [0.1, 0.15) is 5.69 Å². The van der Waals surface area contributed by atoms with E-state index < -0.39 is 0 Å². The molecule has 0 bridgehead atoms. The number of hydrogen-bond acceptors (Lipinski definition) is 9. The lowest BCUT2D eigenvalue weighted by Crippen LogP contribution is -2.06. The predicted octanol–water partition coefficient (Wildman–Crippen LogP) is 9.92. The molecule has 15 heteroatoms. The molecule has 0 amide bonds. The van der Waals surface area contributed by atoms with Gasteiger partial charge in [-0.05, 0) is 41.5 Å². The van der Waals surface area contributed by atoms with Crippen molar-refractivity contribution in [3.63, 3.8) is 0 Å². The largest absolute Gasteiger partial charge is 0.265 e. The maximum absolute atomic E-state index is 9.77. The molecule has 0 fully saturated rings. The number of fused-ring (bicyclic) bond motifs is 12. The molecular weight excluding hydrogens is 847 g/mol. The zero-order chi connectivity index (χ0) is 45.1. The van der Waals surface area contributed by atoms with E-state index in [1.54, 1.807) is 24.8 Å². The Morgan fingerprint density at radius 1 is 0.353 bits per heavy atom. The van der Waals surface area contributed by atoms with Gasteiger partial charge in [0, 0.05) is 70.2 Å². The lowest BCUT2D eigenvalue weighted by molar-refractivity contribution is 0.829. The first-order valence-corrected chi connectivity index (χ1v) is 21.7. The van der Waals surface area contributed by atoms with Crippen molar-refractivity contribution in [1.29, 1.82) is 5.26 Å². The van der Waals surface area contributed by atoms with Gasteiger partial charge in [-0.2, -0.15) is 62.9 Å². The Morgan fingerprint density at radius 3 is 1.32 bits per heavy atom. The number of nitrogens with zero attached hydrogens (tertiary/aromatic N) is 15. The Kier molecular flexibility index (Phi) is 8.79. The Labute approximate surface area is 385 Å². The molecule has 15 nitrogen and oxygen atoms in total. The van der Waals surface area contributed by atoms with Gasteiger partial charge in [-0.1, -0.05) is 115 Å². The van der Waals surface area contributed by atoms with Crippen LogP contribution in [0.25, 0.3) is 101 Å². The van der Waals surface area contributed by atoms with E-state index >= 15 is 0 Å². The first-order chi connectivity index (χ1) is 33.7. The molecule has 10 aromatic heterocycles. The van der Waals surface area contributed by atoms with Crippen LogP contribution in [-0.2, 0) is 0 Å². The van der Waals surface area contributed by atoms with Gasteiger partial charge in [0.25, 0.3) is 0 Å². The average Bonchev–Trinajstić information content (AvgIpc) is 4.28. The lowest BCUT2D eigenvalue weighted by Gasteiger charge is -2.09. The van der Waals surface area contributed by atoms with Crippen molar-refractivity contribution in [2.24, 2.45) is 0 Å². The fourth-order valence-electron chi connectivity index (χ4n) is 8.88. The molecule has 0 saturated heterocycles. The van der Waals surface area contributed by atoms with Crippen LogP contribution in [0.3, 0.4) is 0 Å². The van der Waals surface area contributed by atoms with E-state index in [-0.39, 0.29) is 0 Å². The van der Waals surface area contributed by atoms with Gasteiger partial charge >= 0.3 is 0 Å². The van der Waals surface area contributed by atoms with Crippen molar-refractivity contribution < 1.29 is 0 Å². The molecule has 0 aliphatic heterocycles. The van der Waals surface area contributed by atoms with Crippen LogP contribution < -0.4 is 0 Å². The van der Waals surface area contributed by atoms with Crippen LogP contribution >= 0.6 is 0 Å². The van der Waals surface area contributed by atoms with Crippen molar-refractivity contribution in [2.45, 2.75) is 0 Å². The molecule has 0 unspecified atom stereocenters. The molecule has 0 atom stereocenters. The van der Waals surface area contributed by atoms with Crippen LogP contribution in [0.4, 0.5) is 0 Å². The summed E-state index contributed by atoms with van der Waals surface area (Å²) >= 11 is 0. The van der Waals surface area contributed by atoms with E-state index in [1.165, 1.54) is 0 Å². The zero-order valence-electron chi connectivity index (χ0n) is 35.8. The molecule has 68 heavy (non-hydrogen) atoms. The molecule has 0 aliphatic carbocycles. The van der Waals surface area contributed by atoms with Crippen LogP contribution in [-0.4, -0.2) is 67.7 Å². The van der Waals surface area contributed by atoms with E-state index in [2.05, 4.69) is 58.5 Å². The molecule has 320 valence electrons. The van der Waals surface area contributed by atoms with Gasteiger partial charge in [0.15, 0.2) is 33.9 Å². The Balaban J connectivity index is 0.000000135. The number of nitriles is 1. The summed E-state index contributed by atoms with van der Waals surface area (Å²) in [6, 6.07) is 56.1. The maximum atomic E-state index is 9.77. The molecule has 14 rings (SSSR count). The number of pyridine rings is 2. The minimum atomic E-state index is 0.586. The molecule has 10 heterocycles. The van der Waals surface area contributed by atoms with E-state index in [0.29, 0.717) is 5.56 Å². The molecule has 14 aromatic rings. The molecular formula is C53H33N15. The standard InChI is InChI=1S/C28H17N7.C25H16N8/c29-15-21-13-7-8-14-22(21)25-18-32-35-27-23(19-9-3-1-4-10-19)16-30-33(27)26-24(17-31-34(26)28(25)35)20-11-5-2-6-12-20;1-2-6-17(7-3-1)20-14-23-31-24(15-21(29-31)18-9-12-26-13-10-18)33-25(32(23)28-20)16-22(30-33)19-8-4-5-11-27-19/h1-14,16-18H;1-16H. The number of rotatable bonds is 6. The monoisotopic (exact) mass is 879 g/mol. The fraction of sp³-hybridized carbons (Fsp3) is 0. The molecule has 0 aliphatic rings. The normalized spacial score (nSPS) is 11.5. The average molecular weight is 880 g/mol. The molecule has 0 saturated carbocycles. The van der Waals surface area contributed by atoms with Crippen molar-refractivity contribution in [2.75, 3.05) is 0 Å². The molecule has 4 aromatic carbocycles. The number of benzene rings is 4. The lowest BCUT2D eigenvalue weighted by atomic mass is 10.0. The topological polar surface area (TPSA) is 153 Å². The summed E-state index contributed by atoms with van der Waals surface area (Å²) in [5.41, 5.74) is 16.5. The summed E-state index contributed by atoms with van der Waals surface area (Å²) in [6.07, 6.45) is 10.8. The van der Waals surface area contributed by atoms with Crippen LogP contribution in [0.1, 0.15) is 5.56 Å². The SMILES string of the molecule is N#Cc1ccccc1-c1cnn2c3c(-c4ccccc4)cnn3c3c(-c4ccccc4)cnn3c12.c1ccc(-c2cc3n4nc(-c5ccncc5)cc4n4nc(-c5ccccn5)cc4n3n2)cc1. The first kappa shape index (κ1) is 38.4. The second-order valence-electron chi connectivity index (χ2n) is 16.0. The minimum Gasteiger partial charge on any atom is -0.265 e. The smallest absolute Gasteiger partial charge is 0.169 e. The van der Waals surface area contributed by atoms with Crippen LogP contribution in [0.5, 0.6) is 0 Å². The van der Waals surface area contributed by atoms with Crippen molar-refractivity contribution >= 4 is 33.9 Å². The summed E-state index contributed by atoms with van der Waals surface area (Å²) in [6.45, 7) is 0. The predicted molar refractivity (Wildman–Crippen MR) is 258 cm³/mol. The van der Waals surface area contributed by atoms with Crippen LogP contribution in [0, 0.1) is 11.3 Å². The molecule has 0 spiro atoms. The second-order valence-corrected chi connectivity index (χ2v) is 16.0. The van der Waals surface area contributed by atoms with E-state index in [4.69, 9.17) is 30.6 Å². The number of aromatic nitrogens is 14. The highest BCUT2D eigenvalue weighted by Gasteiger charge is 2.24. The third-order valence-electron chi connectivity index (χ3n) is 12.0. The van der Waals surface area contributed by atoms with Gasteiger partial charge < -0.3 is 0 Å². The van der Waals surface area contributed by atoms with Crippen molar-refractivity contribution in [1.82, 2.24) is 67.7 Å². The van der Waals surface area contributed by atoms with Gasteiger partial charge in [-0.3, -0.25) is 9.97 Å². The van der Waals surface area contributed by atoms with E-state index in [0.717, 1.165) is 101 Å². The van der Waals surface area contributed by atoms with Crippen LogP contribution in [0.15, 0.2) is 201 Å². The summed E-state index contributed by atoms with van der Waals surface area (Å²) in [7, 11) is 0. The fourth-order valence-corrected chi connectivity index (χ4v) is 8.88. The maximum Gasteiger partial charge on any atom is 0.169 e. The van der Waals surface area contributed by atoms with Gasteiger partial charge in [0.2, 0.25) is 0 Å². The number of hydrogen-bond donors (Lipinski definition) is 0. The van der Waals surface area contributed by atoms with Gasteiger partial charge in [-0.25, -0.2) is 0 Å². The summed E-state index contributed by atoms with van der Waals surface area (Å²) in [5.74, 6) is 0. The Morgan fingerprint density at radius 2 is 0.794 bits per heavy atom. The summed E-state index contributed by atoms with van der Waals surface area (Å²) < 4.78 is 11.3. The van der Waals surface area contributed by atoms with Crippen molar-refractivity contribution in [3.05, 3.63) is 207 Å².